The van der Waals surface area contributed by atoms with Crippen molar-refractivity contribution in [3.05, 3.63) is 30.5 Å². The summed E-state index contributed by atoms with van der Waals surface area (Å²) in [6.45, 7) is 0.806. The molecule has 2 N–H and O–H groups in total. The summed E-state index contributed by atoms with van der Waals surface area (Å²) in [5.74, 6) is 0.442. The van der Waals surface area contributed by atoms with Gasteiger partial charge in [0.15, 0.2) is 0 Å². The Kier molecular flexibility index (Phi) is 2.59. The monoisotopic (exact) mass is 242 g/mol. The molecule has 0 aliphatic carbocycles. The van der Waals surface area contributed by atoms with Crippen LogP contribution in [-0.4, -0.2) is 28.5 Å². The number of benzene rings is 1. The van der Waals surface area contributed by atoms with E-state index in [-0.39, 0.29) is 11.9 Å². The SMILES string of the molecule is NC(=O)C1CCCN1c1cnc2ccccc2n1. The van der Waals surface area contributed by atoms with Gasteiger partial charge in [-0.1, -0.05) is 12.1 Å². The second-order valence-electron chi connectivity index (χ2n) is 4.47. The first-order valence-electron chi connectivity index (χ1n) is 6.03. The van der Waals surface area contributed by atoms with Crippen molar-refractivity contribution in [3.8, 4) is 0 Å². The number of primary amides is 1. The minimum absolute atomic E-state index is 0.250. The fourth-order valence-corrected chi connectivity index (χ4v) is 2.42. The first kappa shape index (κ1) is 11.0. The summed E-state index contributed by atoms with van der Waals surface area (Å²) in [7, 11) is 0. The average Bonchev–Trinajstić information content (AvgIpc) is 2.87. The van der Waals surface area contributed by atoms with E-state index in [4.69, 9.17) is 5.73 Å². The summed E-state index contributed by atoms with van der Waals surface area (Å²) >= 11 is 0. The normalized spacial score (nSPS) is 19.3. The molecule has 1 aliphatic heterocycles. The van der Waals surface area contributed by atoms with Crippen LogP contribution < -0.4 is 10.6 Å². The Morgan fingerprint density at radius 3 is 2.89 bits per heavy atom. The fourth-order valence-electron chi connectivity index (χ4n) is 2.42. The Bertz CT molecular complexity index is 598. The molecule has 1 aromatic carbocycles. The van der Waals surface area contributed by atoms with Crippen molar-refractivity contribution in [3.63, 3.8) is 0 Å². The number of fused-ring (bicyclic) bond motifs is 1. The Labute approximate surface area is 105 Å². The molecule has 1 amide bonds. The molecule has 1 saturated heterocycles. The molecule has 0 bridgehead atoms. The topological polar surface area (TPSA) is 72.1 Å². The van der Waals surface area contributed by atoms with Crippen LogP contribution in [0.15, 0.2) is 30.5 Å². The maximum atomic E-state index is 11.4. The van der Waals surface area contributed by atoms with E-state index in [1.807, 2.05) is 29.2 Å². The van der Waals surface area contributed by atoms with Crippen molar-refractivity contribution in [1.82, 2.24) is 9.97 Å². The number of hydrogen-bond acceptors (Lipinski definition) is 4. The molecule has 1 atom stereocenters. The molecule has 5 nitrogen and oxygen atoms in total. The van der Waals surface area contributed by atoms with Gasteiger partial charge in [0, 0.05) is 6.54 Å². The average molecular weight is 242 g/mol. The van der Waals surface area contributed by atoms with Gasteiger partial charge in [-0.2, -0.15) is 0 Å². The summed E-state index contributed by atoms with van der Waals surface area (Å²) in [4.78, 5) is 22.2. The zero-order valence-electron chi connectivity index (χ0n) is 9.91. The van der Waals surface area contributed by atoms with Crippen molar-refractivity contribution in [1.29, 1.82) is 0 Å². The van der Waals surface area contributed by atoms with E-state index in [2.05, 4.69) is 9.97 Å². The van der Waals surface area contributed by atoms with Gasteiger partial charge >= 0.3 is 0 Å². The number of anilines is 1. The Morgan fingerprint density at radius 1 is 1.33 bits per heavy atom. The van der Waals surface area contributed by atoms with Gasteiger partial charge in [0.2, 0.25) is 5.91 Å². The van der Waals surface area contributed by atoms with E-state index in [1.54, 1.807) is 6.20 Å². The molecule has 3 rings (SSSR count). The number of para-hydroxylation sites is 2. The third-order valence-corrected chi connectivity index (χ3v) is 3.31. The van der Waals surface area contributed by atoms with Crippen LogP contribution in [0.25, 0.3) is 11.0 Å². The smallest absolute Gasteiger partial charge is 0.240 e. The first-order valence-corrected chi connectivity index (χ1v) is 6.03. The van der Waals surface area contributed by atoms with Gasteiger partial charge in [-0.05, 0) is 25.0 Å². The van der Waals surface area contributed by atoms with Crippen LogP contribution in [0.2, 0.25) is 0 Å². The predicted molar refractivity (Wildman–Crippen MR) is 69.1 cm³/mol. The van der Waals surface area contributed by atoms with Gasteiger partial charge in [0.25, 0.3) is 0 Å². The van der Waals surface area contributed by atoms with Crippen LogP contribution in [0.1, 0.15) is 12.8 Å². The highest BCUT2D eigenvalue weighted by Gasteiger charge is 2.30. The quantitative estimate of drug-likeness (QED) is 0.855. The van der Waals surface area contributed by atoms with E-state index in [0.29, 0.717) is 0 Å². The third kappa shape index (κ3) is 1.77. The van der Waals surface area contributed by atoms with Gasteiger partial charge in [-0.25, -0.2) is 4.98 Å². The fraction of sp³-hybridized carbons (Fsp3) is 0.308. The highest BCUT2D eigenvalue weighted by molar-refractivity contribution is 5.84. The van der Waals surface area contributed by atoms with E-state index < -0.39 is 0 Å². The molecule has 1 fully saturated rings. The summed E-state index contributed by atoms with van der Waals surface area (Å²) in [6, 6.07) is 7.44. The van der Waals surface area contributed by atoms with Crippen LogP contribution >= 0.6 is 0 Å². The molecule has 0 spiro atoms. The van der Waals surface area contributed by atoms with Gasteiger partial charge in [-0.15, -0.1) is 0 Å². The second-order valence-corrected chi connectivity index (χ2v) is 4.47. The molecule has 1 unspecified atom stereocenters. The number of nitrogens with two attached hydrogens (primary N) is 1. The largest absolute Gasteiger partial charge is 0.368 e. The molecule has 5 heteroatoms. The molecular formula is C13H14N4O. The second kappa shape index (κ2) is 4.25. The molecule has 1 aliphatic rings. The minimum atomic E-state index is -0.289. The summed E-state index contributed by atoms with van der Waals surface area (Å²) in [5.41, 5.74) is 7.10. The highest BCUT2D eigenvalue weighted by Crippen LogP contribution is 2.24. The molecule has 92 valence electrons. The molecule has 2 aromatic rings. The third-order valence-electron chi connectivity index (χ3n) is 3.31. The first-order chi connectivity index (χ1) is 8.75. The Hall–Kier alpha value is -2.17. The van der Waals surface area contributed by atoms with Gasteiger partial charge in [0.05, 0.1) is 17.2 Å². The molecule has 1 aromatic heterocycles. The highest BCUT2D eigenvalue weighted by atomic mass is 16.1. The van der Waals surface area contributed by atoms with Crippen LogP contribution in [-0.2, 0) is 4.79 Å². The van der Waals surface area contributed by atoms with Crippen molar-refractivity contribution in [2.45, 2.75) is 18.9 Å². The minimum Gasteiger partial charge on any atom is -0.368 e. The standard InChI is InChI=1S/C13H14N4O/c14-13(18)11-6-3-7-17(11)12-8-15-9-4-1-2-5-10(9)16-12/h1-2,4-5,8,11H,3,6-7H2,(H2,14,18). The van der Waals surface area contributed by atoms with Crippen LogP contribution in [0.3, 0.4) is 0 Å². The summed E-state index contributed by atoms with van der Waals surface area (Å²) in [5, 5.41) is 0. The number of hydrogen-bond donors (Lipinski definition) is 1. The number of carbonyl (C=O) groups excluding carboxylic acids is 1. The van der Waals surface area contributed by atoms with Crippen LogP contribution in [0, 0.1) is 0 Å². The maximum absolute atomic E-state index is 11.4. The van der Waals surface area contributed by atoms with Crippen molar-refractivity contribution in [2.75, 3.05) is 11.4 Å². The van der Waals surface area contributed by atoms with Crippen LogP contribution in [0.4, 0.5) is 5.82 Å². The van der Waals surface area contributed by atoms with Crippen LogP contribution in [0.5, 0.6) is 0 Å². The maximum Gasteiger partial charge on any atom is 0.240 e. The molecule has 18 heavy (non-hydrogen) atoms. The van der Waals surface area contributed by atoms with Crippen molar-refractivity contribution in [2.24, 2.45) is 5.73 Å². The summed E-state index contributed by atoms with van der Waals surface area (Å²) in [6.07, 6.45) is 3.47. The molecule has 2 heterocycles. The Morgan fingerprint density at radius 2 is 2.11 bits per heavy atom. The number of carbonyl (C=O) groups is 1. The Balaban J connectivity index is 2.01. The number of nitrogens with zero attached hydrogens (tertiary/aromatic N) is 3. The lowest BCUT2D eigenvalue weighted by Crippen LogP contribution is -2.40. The van der Waals surface area contributed by atoms with Gasteiger partial charge in [0.1, 0.15) is 11.9 Å². The lowest BCUT2D eigenvalue weighted by molar-refractivity contribution is -0.119. The predicted octanol–water partition coefficient (Wildman–Crippen LogP) is 1.08. The molecule has 0 radical (unpaired) electrons. The van der Waals surface area contributed by atoms with E-state index in [1.165, 1.54) is 0 Å². The number of rotatable bonds is 2. The van der Waals surface area contributed by atoms with Gasteiger partial charge < -0.3 is 10.6 Å². The molecular weight excluding hydrogens is 228 g/mol. The zero-order chi connectivity index (χ0) is 12.5. The summed E-state index contributed by atoms with van der Waals surface area (Å²) < 4.78 is 0. The lowest BCUT2D eigenvalue weighted by atomic mass is 10.2. The molecule has 0 saturated carbocycles. The zero-order valence-corrected chi connectivity index (χ0v) is 9.91. The number of amides is 1. The number of aromatic nitrogens is 2. The van der Waals surface area contributed by atoms with E-state index >= 15 is 0 Å². The van der Waals surface area contributed by atoms with Crippen molar-refractivity contribution < 1.29 is 4.79 Å². The van der Waals surface area contributed by atoms with E-state index in [0.717, 1.165) is 36.2 Å². The lowest BCUT2D eigenvalue weighted by Gasteiger charge is -2.22. The van der Waals surface area contributed by atoms with Crippen molar-refractivity contribution >= 4 is 22.8 Å². The van der Waals surface area contributed by atoms with E-state index in [9.17, 15) is 4.79 Å². The van der Waals surface area contributed by atoms with Gasteiger partial charge in [-0.3, -0.25) is 9.78 Å².